The van der Waals surface area contributed by atoms with Crippen LogP contribution in [0.4, 0.5) is 0 Å². The van der Waals surface area contributed by atoms with Gasteiger partial charge in [0.15, 0.2) is 0 Å². The van der Waals surface area contributed by atoms with Gasteiger partial charge in [0.25, 0.3) is 0 Å². The lowest BCUT2D eigenvalue weighted by Gasteiger charge is -2.15. The number of nitrogens with one attached hydrogen (secondary N) is 1. The average Bonchev–Trinajstić information content (AvgIpc) is 2.71. The van der Waals surface area contributed by atoms with Crippen molar-refractivity contribution in [3.63, 3.8) is 0 Å². The lowest BCUT2D eigenvalue weighted by molar-refractivity contribution is 0.184. The SMILES string of the molecule is CCC(CN)S(=O)(=O)NCCC1CCOC1. The maximum Gasteiger partial charge on any atom is 0.215 e. The van der Waals surface area contributed by atoms with E-state index in [1.807, 2.05) is 6.92 Å². The predicted molar refractivity (Wildman–Crippen MR) is 63.6 cm³/mol. The highest BCUT2D eigenvalue weighted by atomic mass is 32.2. The van der Waals surface area contributed by atoms with Crippen LogP contribution in [0.3, 0.4) is 0 Å². The largest absolute Gasteiger partial charge is 0.381 e. The van der Waals surface area contributed by atoms with Crippen LogP contribution in [-0.4, -0.2) is 40.0 Å². The molecular formula is C10H22N2O3S. The van der Waals surface area contributed by atoms with Crippen molar-refractivity contribution in [3.8, 4) is 0 Å². The van der Waals surface area contributed by atoms with E-state index in [1.165, 1.54) is 0 Å². The Labute approximate surface area is 97.8 Å². The van der Waals surface area contributed by atoms with Gasteiger partial charge in [-0.15, -0.1) is 0 Å². The van der Waals surface area contributed by atoms with Crippen molar-refractivity contribution in [1.29, 1.82) is 0 Å². The summed E-state index contributed by atoms with van der Waals surface area (Å²) in [5, 5.41) is -0.465. The van der Waals surface area contributed by atoms with Gasteiger partial charge in [-0.25, -0.2) is 13.1 Å². The zero-order chi connectivity index (χ0) is 12.0. The second-order valence-electron chi connectivity index (χ2n) is 4.22. The summed E-state index contributed by atoms with van der Waals surface area (Å²) in [5.74, 6) is 0.501. The van der Waals surface area contributed by atoms with Crippen molar-refractivity contribution in [2.75, 3.05) is 26.3 Å². The normalized spacial score (nSPS) is 23.5. The first-order valence-corrected chi connectivity index (χ1v) is 7.41. The Balaban J connectivity index is 2.29. The number of hydrogen-bond donors (Lipinski definition) is 2. The topological polar surface area (TPSA) is 81.4 Å². The molecule has 1 rings (SSSR count). The van der Waals surface area contributed by atoms with Gasteiger partial charge in [0.1, 0.15) is 0 Å². The van der Waals surface area contributed by atoms with Gasteiger partial charge >= 0.3 is 0 Å². The first-order chi connectivity index (χ1) is 7.60. The van der Waals surface area contributed by atoms with Gasteiger partial charge in [0.05, 0.1) is 5.25 Å². The maximum absolute atomic E-state index is 11.7. The lowest BCUT2D eigenvalue weighted by Crippen LogP contribution is -2.39. The van der Waals surface area contributed by atoms with E-state index in [4.69, 9.17) is 10.5 Å². The van der Waals surface area contributed by atoms with Crippen LogP contribution in [0.5, 0.6) is 0 Å². The van der Waals surface area contributed by atoms with Gasteiger partial charge < -0.3 is 10.5 Å². The van der Waals surface area contributed by atoms with Crippen LogP contribution < -0.4 is 10.5 Å². The molecule has 2 atom stereocenters. The summed E-state index contributed by atoms with van der Waals surface area (Å²) in [6.45, 7) is 4.07. The first kappa shape index (κ1) is 13.9. The molecular weight excluding hydrogens is 228 g/mol. The molecule has 96 valence electrons. The summed E-state index contributed by atoms with van der Waals surface area (Å²) in [4.78, 5) is 0. The molecule has 0 aromatic rings. The Morgan fingerprint density at radius 1 is 1.56 bits per heavy atom. The van der Waals surface area contributed by atoms with Crippen LogP contribution in [0.2, 0.25) is 0 Å². The zero-order valence-electron chi connectivity index (χ0n) is 9.81. The number of ether oxygens (including phenoxy) is 1. The Morgan fingerprint density at radius 3 is 2.81 bits per heavy atom. The van der Waals surface area contributed by atoms with Gasteiger partial charge in [-0.2, -0.15) is 0 Å². The molecule has 0 aromatic heterocycles. The van der Waals surface area contributed by atoms with E-state index in [2.05, 4.69) is 4.72 Å². The summed E-state index contributed by atoms with van der Waals surface area (Å²) >= 11 is 0. The molecule has 16 heavy (non-hydrogen) atoms. The molecule has 3 N–H and O–H groups in total. The molecule has 1 heterocycles. The highest BCUT2D eigenvalue weighted by Crippen LogP contribution is 2.15. The standard InChI is InChI=1S/C10H22N2O3S/c1-2-10(7-11)16(13,14)12-5-3-9-4-6-15-8-9/h9-10,12H,2-8,11H2,1H3. The first-order valence-electron chi connectivity index (χ1n) is 5.86. The Kier molecular flexibility index (Phi) is 5.68. The van der Waals surface area contributed by atoms with E-state index in [9.17, 15) is 8.42 Å². The van der Waals surface area contributed by atoms with Crippen LogP contribution >= 0.6 is 0 Å². The summed E-state index contributed by atoms with van der Waals surface area (Å²) in [6, 6.07) is 0. The number of hydrogen-bond acceptors (Lipinski definition) is 4. The monoisotopic (exact) mass is 250 g/mol. The second-order valence-corrected chi connectivity index (χ2v) is 6.27. The molecule has 0 spiro atoms. The van der Waals surface area contributed by atoms with Gasteiger partial charge in [-0.3, -0.25) is 0 Å². The van der Waals surface area contributed by atoms with Crippen LogP contribution in [0.25, 0.3) is 0 Å². The minimum absolute atomic E-state index is 0.179. The molecule has 1 saturated heterocycles. The number of nitrogens with two attached hydrogens (primary N) is 1. The van der Waals surface area contributed by atoms with Crippen molar-refractivity contribution >= 4 is 10.0 Å². The van der Waals surface area contributed by atoms with Gasteiger partial charge in [-0.05, 0) is 25.2 Å². The summed E-state index contributed by atoms with van der Waals surface area (Å²) < 4.78 is 31.3. The maximum atomic E-state index is 11.7. The molecule has 2 unspecified atom stereocenters. The minimum Gasteiger partial charge on any atom is -0.381 e. The fraction of sp³-hybridized carbons (Fsp3) is 1.00. The second kappa shape index (κ2) is 6.54. The van der Waals surface area contributed by atoms with Crippen LogP contribution in [0.1, 0.15) is 26.2 Å². The highest BCUT2D eigenvalue weighted by Gasteiger charge is 2.22. The third-order valence-corrected chi connectivity index (χ3v) is 5.05. The van der Waals surface area contributed by atoms with Crippen molar-refractivity contribution < 1.29 is 13.2 Å². The Hall–Kier alpha value is -0.170. The molecule has 0 saturated carbocycles. The highest BCUT2D eigenvalue weighted by molar-refractivity contribution is 7.90. The van der Waals surface area contributed by atoms with E-state index in [1.54, 1.807) is 0 Å². The molecule has 5 nitrogen and oxygen atoms in total. The van der Waals surface area contributed by atoms with E-state index in [0.717, 1.165) is 26.1 Å². The molecule has 1 fully saturated rings. The summed E-state index contributed by atoms with van der Waals surface area (Å²) in [6.07, 6.45) is 2.44. The Bertz CT molecular complexity index is 282. The van der Waals surface area contributed by atoms with Crippen molar-refractivity contribution in [2.24, 2.45) is 11.7 Å². The quantitative estimate of drug-likeness (QED) is 0.670. The molecule has 0 radical (unpaired) electrons. The molecule has 0 aliphatic carbocycles. The summed E-state index contributed by atoms with van der Waals surface area (Å²) in [5.41, 5.74) is 5.42. The molecule has 6 heteroatoms. The molecule has 0 aromatic carbocycles. The van der Waals surface area contributed by atoms with Crippen molar-refractivity contribution in [3.05, 3.63) is 0 Å². The summed E-state index contributed by atoms with van der Waals surface area (Å²) in [7, 11) is -3.23. The van der Waals surface area contributed by atoms with E-state index in [0.29, 0.717) is 18.9 Å². The molecule has 0 amide bonds. The van der Waals surface area contributed by atoms with E-state index in [-0.39, 0.29) is 6.54 Å². The third kappa shape index (κ3) is 4.01. The predicted octanol–water partition coefficient (Wildman–Crippen LogP) is 0.0697. The van der Waals surface area contributed by atoms with E-state index < -0.39 is 15.3 Å². The Morgan fingerprint density at radius 2 is 2.31 bits per heavy atom. The zero-order valence-corrected chi connectivity index (χ0v) is 10.6. The fourth-order valence-electron chi connectivity index (χ4n) is 1.85. The van der Waals surface area contributed by atoms with Gasteiger partial charge in [-0.1, -0.05) is 6.92 Å². The molecule has 1 aliphatic rings. The van der Waals surface area contributed by atoms with Gasteiger partial charge in [0.2, 0.25) is 10.0 Å². The molecule has 1 aliphatic heterocycles. The lowest BCUT2D eigenvalue weighted by atomic mass is 10.1. The third-order valence-electron chi connectivity index (χ3n) is 3.04. The molecule has 0 bridgehead atoms. The number of rotatable bonds is 7. The van der Waals surface area contributed by atoms with E-state index >= 15 is 0 Å². The smallest absolute Gasteiger partial charge is 0.215 e. The van der Waals surface area contributed by atoms with Crippen LogP contribution in [0.15, 0.2) is 0 Å². The average molecular weight is 250 g/mol. The number of sulfonamides is 1. The van der Waals surface area contributed by atoms with Gasteiger partial charge in [0, 0.05) is 26.3 Å². The fourth-order valence-corrected chi connectivity index (χ4v) is 3.18. The van der Waals surface area contributed by atoms with Crippen molar-refractivity contribution in [2.45, 2.75) is 31.4 Å². The van der Waals surface area contributed by atoms with Crippen molar-refractivity contribution in [1.82, 2.24) is 4.72 Å². The van der Waals surface area contributed by atoms with Crippen LogP contribution in [0, 0.1) is 5.92 Å². The van der Waals surface area contributed by atoms with Crippen LogP contribution in [-0.2, 0) is 14.8 Å². The minimum atomic E-state index is -3.23.